The predicted molar refractivity (Wildman–Crippen MR) is 118 cm³/mol. The topological polar surface area (TPSA) is 29.1 Å². The van der Waals surface area contributed by atoms with Crippen LogP contribution in [0.25, 0.3) is 0 Å². The average Bonchev–Trinajstić information content (AvgIpc) is 2.55. The number of nitrogens with one attached hydrogen (secondary N) is 1. The summed E-state index contributed by atoms with van der Waals surface area (Å²) in [6, 6.07) is 12.4. The molecule has 2 aromatic rings. The summed E-state index contributed by atoms with van der Waals surface area (Å²) in [7, 11) is 0. The maximum absolute atomic E-state index is 12.6. The molecule has 2 heteroatoms. The van der Waals surface area contributed by atoms with Crippen LogP contribution >= 0.6 is 0 Å². The summed E-state index contributed by atoms with van der Waals surface area (Å²) in [5.74, 6) is 0.196. The summed E-state index contributed by atoms with van der Waals surface area (Å²) in [4.78, 5) is 12.6. The normalized spacial score (nSPS) is 12.1. The summed E-state index contributed by atoms with van der Waals surface area (Å²) in [5, 5.41) is 3.58. The molecule has 2 rings (SSSR count). The number of Topliss-reactive ketones (excluding diaryl/α,β-unsaturated/α-hetero) is 1. The molecule has 0 heterocycles. The van der Waals surface area contributed by atoms with E-state index in [-0.39, 0.29) is 16.6 Å². The van der Waals surface area contributed by atoms with E-state index in [0.717, 1.165) is 23.4 Å². The highest BCUT2D eigenvalue weighted by molar-refractivity contribution is 6.01. The van der Waals surface area contributed by atoms with Crippen LogP contribution in [-0.4, -0.2) is 5.78 Å². The molecule has 0 unspecified atom stereocenters. The van der Waals surface area contributed by atoms with E-state index in [1.54, 1.807) is 0 Å². The van der Waals surface area contributed by atoms with E-state index in [2.05, 4.69) is 65.9 Å². The molecule has 1 N–H and O–H groups in total. The maximum Gasteiger partial charge on any atom is 0.164 e. The first-order chi connectivity index (χ1) is 12.4. The number of hydrogen-bond donors (Lipinski definition) is 1. The Morgan fingerprint density at radius 1 is 0.926 bits per heavy atom. The van der Waals surface area contributed by atoms with E-state index in [4.69, 9.17) is 0 Å². The summed E-state index contributed by atoms with van der Waals surface area (Å²) in [6.07, 6.45) is 1.44. The van der Waals surface area contributed by atoms with Crippen LogP contribution in [-0.2, 0) is 10.8 Å². The fourth-order valence-electron chi connectivity index (χ4n) is 3.40. The van der Waals surface area contributed by atoms with Crippen molar-refractivity contribution in [3.63, 3.8) is 0 Å². The van der Waals surface area contributed by atoms with Crippen LogP contribution in [0.4, 0.5) is 11.4 Å². The lowest BCUT2D eigenvalue weighted by Crippen LogP contribution is -2.19. The van der Waals surface area contributed by atoms with Crippen molar-refractivity contribution in [3.05, 3.63) is 58.7 Å². The van der Waals surface area contributed by atoms with Gasteiger partial charge in [-0.2, -0.15) is 0 Å². The van der Waals surface area contributed by atoms with Crippen molar-refractivity contribution < 1.29 is 4.79 Å². The number of anilines is 2. The summed E-state index contributed by atoms with van der Waals surface area (Å²) >= 11 is 0. The Morgan fingerprint density at radius 2 is 1.56 bits per heavy atom. The molecule has 2 aromatic carbocycles. The zero-order chi connectivity index (χ0) is 20.4. The van der Waals surface area contributed by atoms with Gasteiger partial charge >= 0.3 is 0 Å². The van der Waals surface area contributed by atoms with Gasteiger partial charge in [0.2, 0.25) is 0 Å². The second-order valence-electron chi connectivity index (χ2n) is 9.54. The third kappa shape index (κ3) is 5.00. The van der Waals surface area contributed by atoms with E-state index in [1.165, 1.54) is 16.7 Å². The molecule has 0 aliphatic heterocycles. The minimum absolute atomic E-state index is 0.0549. The Hall–Kier alpha value is -2.09. The van der Waals surface area contributed by atoms with Gasteiger partial charge in [-0.05, 0) is 59.1 Å². The van der Waals surface area contributed by atoms with Crippen molar-refractivity contribution in [1.82, 2.24) is 0 Å². The van der Waals surface area contributed by atoms with Crippen molar-refractivity contribution in [1.29, 1.82) is 0 Å². The van der Waals surface area contributed by atoms with Gasteiger partial charge in [-0.15, -0.1) is 0 Å². The van der Waals surface area contributed by atoms with Crippen molar-refractivity contribution >= 4 is 17.2 Å². The van der Waals surface area contributed by atoms with Crippen LogP contribution in [0.3, 0.4) is 0 Å². The van der Waals surface area contributed by atoms with Gasteiger partial charge in [0, 0.05) is 23.4 Å². The lowest BCUT2D eigenvalue weighted by Gasteiger charge is -2.29. The molecule has 0 aromatic heterocycles. The van der Waals surface area contributed by atoms with Gasteiger partial charge in [0.1, 0.15) is 0 Å². The van der Waals surface area contributed by atoms with E-state index in [9.17, 15) is 4.79 Å². The van der Waals surface area contributed by atoms with Gasteiger partial charge in [0.25, 0.3) is 0 Å². The van der Waals surface area contributed by atoms with Crippen LogP contribution in [0.15, 0.2) is 36.4 Å². The van der Waals surface area contributed by atoms with Crippen LogP contribution in [0, 0.1) is 6.92 Å². The van der Waals surface area contributed by atoms with Crippen molar-refractivity contribution in [2.45, 2.75) is 79.1 Å². The van der Waals surface area contributed by atoms with Gasteiger partial charge in [-0.3, -0.25) is 4.79 Å². The fourth-order valence-corrected chi connectivity index (χ4v) is 3.40. The molecule has 0 spiro atoms. The molecule has 0 amide bonds. The van der Waals surface area contributed by atoms with Crippen LogP contribution in [0.2, 0.25) is 0 Å². The Bertz CT molecular complexity index is 819. The summed E-state index contributed by atoms with van der Waals surface area (Å²) < 4.78 is 0. The molecule has 2 nitrogen and oxygen atoms in total. The van der Waals surface area contributed by atoms with Gasteiger partial charge in [-0.25, -0.2) is 0 Å². The first kappa shape index (κ1) is 21.2. The first-order valence-corrected chi connectivity index (χ1v) is 10.00. The highest BCUT2D eigenvalue weighted by Crippen LogP contribution is 2.37. The number of benzene rings is 2. The summed E-state index contributed by atoms with van der Waals surface area (Å²) in [6.45, 7) is 17.7. The molecule has 0 radical (unpaired) electrons. The van der Waals surface area contributed by atoms with Gasteiger partial charge < -0.3 is 5.32 Å². The second-order valence-corrected chi connectivity index (χ2v) is 9.54. The number of ketones is 1. The monoisotopic (exact) mass is 365 g/mol. The molecular weight excluding hydrogens is 330 g/mol. The fraction of sp³-hybridized carbons (Fsp3) is 0.480. The zero-order valence-electron chi connectivity index (χ0n) is 18.3. The lowest BCUT2D eigenvalue weighted by atomic mass is 9.78. The molecule has 0 fully saturated rings. The van der Waals surface area contributed by atoms with Gasteiger partial charge in [0.15, 0.2) is 5.78 Å². The minimum Gasteiger partial charge on any atom is -0.355 e. The SMILES string of the molecule is CCCC(=O)c1ccccc1Nc1cc(C(C)(C)C)cc(C(C)(C)C)c1C. The molecule has 0 atom stereocenters. The number of para-hydroxylation sites is 1. The molecule has 146 valence electrons. The zero-order valence-corrected chi connectivity index (χ0v) is 18.3. The Labute approximate surface area is 165 Å². The minimum atomic E-state index is 0.0549. The van der Waals surface area contributed by atoms with E-state index >= 15 is 0 Å². The first-order valence-electron chi connectivity index (χ1n) is 10.00. The third-order valence-corrected chi connectivity index (χ3v) is 5.06. The van der Waals surface area contributed by atoms with E-state index in [1.807, 2.05) is 31.2 Å². The number of carbonyl (C=O) groups excluding carboxylic acids is 1. The Morgan fingerprint density at radius 3 is 2.11 bits per heavy atom. The molecule has 0 aliphatic carbocycles. The van der Waals surface area contributed by atoms with E-state index in [0.29, 0.717) is 6.42 Å². The quantitative estimate of drug-likeness (QED) is 0.562. The average molecular weight is 366 g/mol. The molecule has 0 bridgehead atoms. The van der Waals surface area contributed by atoms with Gasteiger partial charge in [0.05, 0.1) is 0 Å². The maximum atomic E-state index is 12.6. The highest BCUT2D eigenvalue weighted by Gasteiger charge is 2.23. The number of hydrogen-bond acceptors (Lipinski definition) is 2. The highest BCUT2D eigenvalue weighted by atomic mass is 16.1. The lowest BCUT2D eigenvalue weighted by molar-refractivity contribution is 0.0982. The van der Waals surface area contributed by atoms with Crippen molar-refractivity contribution in [2.75, 3.05) is 5.32 Å². The van der Waals surface area contributed by atoms with E-state index < -0.39 is 0 Å². The summed E-state index contributed by atoms with van der Waals surface area (Å²) in [5.41, 5.74) is 6.76. The van der Waals surface area contributed by atoms with Crippen molar-refractivity contribution in [3.8, 4) is 0 Å². The molecule has 0 saturated heterocycles. The Balaban J connectivity index is 2.59. The standard InChI is InChI=1S/C25H35NO/c1-9-12-23(27)19-13-10-11-14-21(19)26-22-16-18(24(3,4)5)15-20(17(22)2)25(6,7)8/h10-11,13-16,26H,9,12H2,1-8H3. The smallest absolute Gasteiger partial charge is 0.164 e. The number of rotatable bonds is 5. The molecular formula is C25H35NO. The van der Waals surface area contributed by atoms with Crippen LogP contribution in [0.1, 0.15) is 88.4 Å². The largest absolute Gasteiger partial charge is 0.355 e. The number of carbonyl (C=O) groups is 1. The molecule has 0 aliphatic rings. The predicted octanol–water partition coefficient (Wildman–Crippen LogP) is 7.32. The second kappa shape index (κ2) is 7.88. The van der Waals surface area contributed by atoms with Crippen LogP contribution in [0.5, 0.6) is 0 Å². The Kier molecular flexibility index (Phi) is 6.19. The van der Waals surface area contributed by atoms with Crippen LogP contribution < -0.4 is 5.32 Å². The molecule has 0 saturated carbocycles. The van der Waals surface area contributed by atoms with Gasteiger partial charge in [-0.1, -0.05) is 66.7 Å². The third-order valence-electron chi connectivity index (χ3n) is 5.06. The van der Waals surface area contributed by atoms with Crippen molar-refractivity contribution in [2.24, 2.45) is 0 Å². The molecule has 27 heavy (non-hydrogen) atoms.